The maximum atomic E-state index is 6.29. The van der Waals surface area contributed by atoms with Crippen molar-refractivity contribution in [3.63, 3.8) is 0 Å². The predicted molar refractivity (Wildman–Crippen MR) is 156 cm³/mol. The van der Waals surface area contributed by atoms with Crippen molar-refractivity contribution < 1.29 is 9.47 Å². The van der Waals surface area contributed by atoms with Crippen LogP contribution < -0.4 is 9.47 Å². The Kier molecular flexibility index (Phi) is 7.41. The van der Waals surface area contributed by atoms with Crippen LogP contribution in [0.2, 0.25) is 0 Å². The zero-order valence-corrected chi connectivity index (χ0v) is 21.8. The van der Waals surface area contributed by atoms with Crippen LogP contribution in [0.25, 0.3) is 44.5 Å². The highest BCUT2D eigenvalue weighted by molar-refractivity contribution is 6.24. The Labute approximate surface area is 214 Å². The summed E-state index contributed by atoms with van der Waals surface area (Å²) in [5.41, 5.74) is 3.35. The van der Waals surface area contributed by atoms with Crippen LogP contribution in [0.4, 0.5) is 0 Å². The van der Waals surface area contributed by atoms with Crippen molar-refractivity contribution in [1.82, 2.24) is 0 Å². The fraction of sp³-hybridized carbons (Fsp3) is 0.294. The van der Waals surface area contributed by atoms with Gasteiger partial charge < -0.3 is 9.47 Å². The molecule has 2 heteroatoms. The van der Waals surface area contributed by atoms with E-state index in [2.05, 4.69) is 92.7 Å². The van der Waals surface area contributed by atoms with Crippen LogP contribution in [0.3, 0.4) is 0 Å². The normalized spacial score (nSPS) is 11.9. The van der Waals surface area contributed by atoms with Gasteiger partial charge in [-0.1, -0.05) is 106 Å². The second-order valence-corrected chi connectivity index (χ2v) is 9.82. The van der Waals surface area contributed by atoms with Gasteiger partial charge in [0.15, 0.2) is 0 Å². The van der Waals surface area contributed by atoms with E-state index in [-0.39, 0.29) is 0 Å². The van der Waals surface area contributed by atoms with E-state index in [1.165, 1.54) is 70.0 Å². The standard InChI is InChI=1S/C34H36O2/c1-4-5-6-7-8-9-21-36-32-22-24(2)31(35-3)23-29(32)18-14-25-13-15-28-17-16-26-11-10-12-27-19-20-30(25)34(28)33(26)27/h10-20,22-23H,4-9,21H2,1-3H3. The van der Waals surface area contributed by atoms with Gasteiger partial charge in [0.2, 0.25) is 0 Å². The first-order valence-corrected chi connectivity index (χ1v) is 13.4. The Bertz CT molecular complexity index is 1480. The number of unbranched alkanes of at least 4 members (excludes halogenated alkanes) is 5. The molecule has 5 rings (SSSR count). The Morgan fingerprint density at radius 2 is 1.33 bits per heavy atom. The third-order valence-corrected chi connectivity index (χ3v) is 7.29. The van der Waals surface area contributed by atoms with E-state index in [0.717, 1.165) is 35.7 Å². The first-order chi connectivity index (χ1) is 17.7. The van der Waals surface area contributed by atoms with E-state index in [0.29, 0.717) is 0 Å². The number of rotatable bonds is 11. The van der Waals surface area contributed by atoms with E-state index in [4.69, 9.17) is 9.47 Å². The summed E-state index contributed by atoms with van der Waals surface area (Å²) in [5, 5.41) is 7.84. The minimum atomic E-state index is 0.747. The molecule has 0 atom stereocenters. The highest BCUT2D eigenvalue weighted by Crippen LogP contribution is 2.37. The summed E-state index contributed by atoms with van der Waals surface area (Å²) in [6.07, 6.45) is 11.9. The van der Waals surface area contributed by atoms with Gasteiger partial charge in [-0.05, 0) is 68.9 Å². The minimum Gasteiger partial charge on any atom is -0.496 e. The van der Waals surface area contributed by atoms with E-state index in [9.17, 15) is 0 Å². The van der Waals surface area contributed by atoms with Crippen molar-refractivity contribution >= 4 is 44.5 Å². The monoisotopic (exact) mass is 476 g/mol. The number of methoxy groups -OCH3 is 1. The summed E-state index contributed by atoms with van der Waals surface area (Å²) in [4.78, 5) is 0. The van der Waals surface area contributed by atoms with Crippen molar-refractivity contribution in [2.45, 2.75) is 52.4 Å². The maximum absolute atomic E-state index is 6.29. The molecule has 0 saturated carbocycles. The zero-order valence-electron chi connectivity index (χ0n) is 21.8. The van der Waals surface area contributed by atoms with Crippen LogP contribution in [0, 0.1) is 6.92 Å². The molecular formula is C34H36O2. The number of hydrogen-bond acceptors (Lipinski definition) is 2. The van der Waals surface area contributed by atoms with Gasteiger partial charge in [0.25, 0.3) is 0 Å². The molecule has 0 radical (unpaired) electrons. The molecule has 36 heavy (non-hydrogen) atoms. The van der Waals surface area contributed by atoms with E-state index in [1.54, 1.807) is 7.11 Å². The summed E-state index contributed by atoms with van der Waals surface area (Å²) >= 11 is 0. The lowest BCUT2D eigenvalue weighted by molar-refractivity contribution is 0.303. The Morgan fingerprint density at radius 1 is 0.667 bits per heavy atom. The highest BCUT2D eigenvalue weighted by Gasteiger charge is 2.11. The molecule has 0 saturated heterocycles. The molecule has 0 spiro atoms. The van der Waals surface area contributed by atoms with Crippen LogP contribution in [-0.4, -0.2) is 13.7 Å². The van der Waals surface area contributed by atoms with Gasteiger partial charge >= 0.3 is 0 Å². The number of benzene rings is 5. The van der Waals surface area contributed by atoms with Crippen LogP contribution >= 0.6 is 0 Å². The molecule has 184 valence electrons. The Hall–Kier alpha value is -3.52. The van der Waals surface area contributed by atoms with E-state index >= 15 is 0 Å². The predicted octanol–water partition coefficient (Wildman–Crippen LogP) is 9.81. The summed E-state index contributed by atoms with van der Waals surface area (Å²) in [5.74, 6) is 1.81. The molecule has 0 amide bonds. The fourth-order valence-corrected chi connectivity index (χ4v) is 5.30. The first kappa shape index (κ1) is 24.2. The molecule has 0 aromatic heterocycles. The minimum absolute atomic E-state index is 0.747. The van der Waals surface area contributed by atoms with Gasteiger partial charge in [-0.15, -0.1) is 0 Å². The van der Waals surface area contributed by atoms with Crippen molar-refractivity contribution in [2.75, 3.05) is 13.7 Å². The van der Waals surface area contributed by atoms with Crippen molar-refractivity contribution in [3.05, 3.63) is 83.4 Å². The van der Waals surface area contributed by atoms with E-state index in [1.807, 2.05) is 0 Å². The first-order valence-electron chi connectivity index (χ1n) is 13.4. The number of hydrogen-bond donors (Lipinski definition) is 0. The molecule has 0 aliphatic carbocycles. The molecule has 5 aromatic carbocycles. The molecule has 0 unspecified atom stereocenters. The molecular weight excluding hydrogens is 440 g/mol. The lowest BCUT2D eigenvalue weighted by Crippen LogP contribution is -2.00. The molecule has 0 bridgehead atoms. The number of aryl methyl sites for hydroxylation is 1. The van der Waals surface area contributed by atoms with Gasteiger partial charge in [0.05, 0.1) is 13.7 Å². The molecule has 0 aliphatic rings. The second kappa shape index (κ2) is 11.0. The third kappa shape index (κ3) is 4.91. The van der Waals surface area contributed by atoms with Gasteiger partial charge in [0.1, 0.15) is 11.5 Å². The maximum Gasteiger partial charge on any atom is 0.127 e. The Balaban J connectivity index is 1.45. The molecule has 0 N–H and O–H groups in total. The largest absolute Gasteiger partial charge is 0.496 e. The molecule has 0 fully saturated rings. The van der Waals surface area contributed by atoms with Gasteiger partial charge in [-0.3, -0.25) is 0 Å². The van der Waals surface area contributed by atoms with Crippen molar-refractivity contribution in [1.29, 1.82) is 0 Å². The average molecular weight is 477 g/mol. The van der Waals surface area contributed by atoms with Crippen LogP contribution in [0.1, 0.15) is 62.1 Å². The third-order valence-electron chi connectivity index (χ3n) is 7.29. The van der Waals surface area contributed by atoms with Gasteiger partial charge in [0, 0.05) is 5.56 Å². The molecule has 0 aliphatic heterocycles. The molecule has 2 nitrogen and oxygen atoms in total. The number of ether oxygens (including phenoxy) is 2. The van der Waals surface area contributed by atoms with Gasteiger partial charge in [-0.25, -0.2) is 0 Å². The van der Waals surface area contributed by atoms with Crippen LogP contribution in [-0.2, 0) is 0 Å². The fourth-order valence-electron chi connectivity index (χ4n) is 5.30. The SMILES string of the molecule is CCCCCCCCOc1cc(C)c(OC)cc1C=Cc1ccc2ccc3cccc4ccc1c2c34. The molecule has 5 aromatic rings. The quantitative estimate of drug-likeness (QED) is 0.107. The highest BCUT2D eigenvalue weighted by atomic mass is 16.5. The summed E-state index contributed by atoms with van der Waals surface area (Å²) in [6, 6.07) is 24.2. The summed E-state index contributed by atoms with van der Waals surface area (Å²) in [7, 11) is 1.73. The van der Waals surface area contributed by atoms with E-state index < -0.39 is 0 Å². The lowest BCUT2D eigenvalue weighted by atomic mass is 9.92. The second-order valence-electron chi connectivity index (χ2n) is 9.82. The zero-order chi connectivity index (χ0) is 24.9. The van der Waals surface area contributed by atoms with Crippen molar-refractivity contribution in [3.8, 4) is 11.5 Å². The summed E-state index contributed by atoms with van der Waals surface area (Å²) in [6.45, 7) is 5.08. The topological polar surface area (TPSA) is 18.5 Å². The Morgan fingerprint density at radius 3 is 2.11 bits per heavy atom. The van der Waals surface area contributed by atoms with Crippen LogP contribution in [0.5, 0.6) is 11.5 Å². The van der Waals surface area contributed by atoms with Gasteiger partial charge in [-0.2, -0.15) is 0 Å². The molecule has 0 heterocycles. The van der Waals surface area contributed by atoms with Crippen molar-refractivity contribution in [2.24, 2.45) is 0 Å². The average Bonchev–Trinajstić information content (AvgIpc) is 2.91. The summed E-state index contributed by atoms with van der Waals surface area (Å²) < 4.78 is 11.9. The lowest BCUT2D eigenvalue weighted by Gasteiger charge is -2.14. The van der Waals surface area contributed by atoms with Crippen LogP contribution in [0.15, 0.2) is 66.7 Å². The smallest absolute Gasteiger partial charge is 0.127 e.